The molecular formula is C23H26BrN3O3S. The van der Waals surface area contributed by atoms with Crippen LogP contribution in [0.4, 0.5) is 5.69 Å². The molecule has 2 N–H and O–H groups in total. The van der Waals surface area contributed by atoms with E-state index < -0.39 is 0 Å². The van der Waals surface area contributed by atoms with Gasteiger partial charge in [0.2, 0.25) is 5.91 Å². The molecule has 2 aromatic rings. The molecule has 8 heteroatoms. The zero-order valence-electron chi connectivity index (χ0n) is 17.4. The lowest BCUT2D eigenvalue weighted by molar-refractivity contribution is -0.117. The Kier molecular flexibility index (Phi) is 6.89. The van der Waals surface area contributed by atoms with E-state index in [1.54, 1.807) is 11.0 Å². The highest BCUT2D eigenvalue weighted by Gasteiger charge is 2.32. The second-order valence-electron chi connectivity index (χ2n) is 8.22. The number of Topliss-reactive ketones (excluding diaryl/α,β-unsaturated/α-hetero) is 1. The van der Waals surface area contributed by atoms with Crippen LogP contribution in [0.3, 0.4) is 0 Å². The SMILES string of the molecule is Cc1cc(N2CC(NC(=O)c3ccc(Br)s3)CC2=O)ccc1C(=O)C1CCCNCC1. The number of nitrogens with one attached hydrogen (secondary N) is 2. The smallest absolute Gasteiger partial charge is 0.261 e. The summed E-state index contributed by atoms with van der Waals surface area (Å²) in [6, 6.07) is 8.99. The van der Waals surface area contributed by atoms with Crippen molar-refractivity contribution in [3.05, 3.63) is 50.1 Å². The molecule has 0 bridgehead atoms. The van der Waals surface area contributed by atoms with Gasteiger partial charge in [-0.05, 0) is 91.1 Å². The monoisotopic (exact) mass is 503 g/mol. The second kappa shape index (κ2) is 9.63. The number of ketones is 1. The van der Waals surface area contributed by atoms with Crippen molar-refractivity contribution in [1.82, 2.24) is 10.6 Å². The van der Waals surface area contributed by atoms with Gasteiger partial charge in [0, 0.05) is 30.1 Å². The minimum absolute atomic E-state index is 0.0222. The molecule has 4 rings (SSSR count). The van der Waals surface area contributed by atoms with Crippen molar-refractivity contribution in [2.45, 2.75) is 38.6 Å². The minimum atomic E-state index is -0.235. The number of amides is 2. The maximum Gasteiger partial charge on any atom is 0.261 e. The first-order valence-corrected chi connectivity index (χ1v) is 12.3. The van der Waals surface area contributed by atoms with Crippen LogP contribution in [0.25, 0.3) is 0 Å². The van der Waals surface area contributed by atoms with Crippen molar-refractivity contribution >= 4 is 50.6 Å². The number of nitrogens with zero attached hydrogens (tertiary/aromatic N) is 1. The number of benzene rings is 1. The number of carbonyl (C=O) groups excluding carboxylic acids is 3. The minimum Gasteiger partial charge on any atom is -0.346 e. The number of halogens is 1. The molecule has 2 amide bonds. The molecule has 0 spiro atoms. The van der Waals surface area contributed by atoms with Gasteiger partial charge in [-0.3, -0.25) is 14.4 Å². The fourth-order valence-corrected chi connectivity index (χ4v) is 5.63. The summed E-state index contributed by atoms with van der Waals surface area (Å²) in [5.41, 5.74) is 2.41. The maximum atomic E-state index is 13.0. The number of thiophene rings is 1. The summed E-state index contributed by atoms with van der Waals surface area (Å²) < 4.78 is 0.895. The predicted molar refractivity (Wildman–Crippen MR) is 126 cm³/mol. The molecular weight excluding hydrogens is 478 g/mol. The van der Waals surface area contributed by atoms with E-state index in [0.717, 1.165) is 53.0 Å². The molecule has 0 saturated carbocycles. The molecule has 6 nitrogen and oxygen atoms in total. The van der Waals surface area contributed by atoms with Crippen LogP contribution < -0.4 is 15.5 Å². The molecule has 0 aliphatic carbocycles. The highest BCUT2D eigenvalue weighted by molar-refractivity contribution is 9.11. The number of rotatable bonds is 5. The van der Waals surface area contributed by atoms with E-state index in [9.17, 15) is 14.4 Å². The Morgan fingerprint density at radius 1 is 1.19 bits per heavy atom. The lowest BCUT2D eigenvalue weighted by atomic mass is 9.89. The Labute approximate surface area is 194 Å². The number of aryl methyl sites for hydroxylation is 1. The van der Waals surface area contributed by atoms with Crippen LogP contribution in [0, 0.1) is 12.8 Å². The maximum absolute atomic E-state index is 13.0. The molecule has 2 saturated heterocycles. The van der Waals surface area contributed by atoms with Crippen LogP contribution in [0.1, 0.15) is 51.3 Å². The van der Waals surface area contributed by atoms with E-state index in [1.165, 1.54) is 11.3 Å². The van der Waals surface area contributed by atoms with Gasteiger partial charge in [-0.1, -0.05) is 0 Å². The summed E-state index contributed by atoms with van der Waals surface area (Å²) in [5, 5.41) is 6.31. The first kappa shape index (κ1) is 22.2. The molecule has 1 aromatic heterocycles. The average Bonchev–Trinajstić information content (AvgIpc) is 3.22. The molecule has 2 aliphatic rings. The van der Waals surface area contributed by atoms with Gasteiger partial charge in [-0.25, -0.2) is 0 Å². The van der Waals surface area contributed by atoms with Crippen molar-refractivity contribution < 1.29 is 14.4 Å². The predicted octanol–water partition coefficient (Wildman–Crippen LogP) is 3.93. The normalized spacial score (nSPS) is 21.7. The van der Waals surface area contributed by atoms with Gasteiger partial charge in [0.15, 0.2) is 5.78 Å². The lowest BCUT2D eigenvalue weighted by Crippen LogP contribution is -2.36. The van der Waals surface area contributed by atoms with Gasteiger partial charge >= 0.3 is 0 Å². The Morgan fingerprint density at radius 2 is 2.03 bits per heavy atom. The zero-order chi connectivity index (χ0) is 22.0. The average molecular weight is 504 g/mol. The lowest BCUT2D eigenvalue weighted by Gasteiger charge is -2.20. The van der Waals surface area contributed by atoms with Crippen LogP contribution in [0.5, 0.6) is 0 Å². The molecule has 3 heterocycles. The van der Waals surface area contributed by atoms with Crippen molar-refractivity contribution in [2.75, 3.05) is 24.5 Å². The summed E-state index contributed by atoms with van der Waals surface area (Å²) in [7, 11) is 0. The van der Waals surface area contributed by atoms with Crippen LogP contribution in [-0.2, 0) is 4.79 Å². The van der Waals surface area contributed by atoms with Gasteiger partial charge in [0.05, 0.1) is 14.7 Å². The molecule has 2 atom stereocenters. The van der Waals surface area contributed by atoms with E-state index in [-0.39, 0.29) is 36.0 Å². The first-order valence-electron chi connectivity index (χ1n) is 10.6. The zero-order valence-corrected chi connectivity index (χ0v) is 19.9. The number of hydrogen-bond donors (Lipinski definition) is 2. The molecule has 2 unspecified atom stereocenters. The fraction of sp³-hybridized carbons (Fsp3) is 0.435. The molecule has 1 aromatic carbocycles. The van der Waals surface area contributed by atoms with E-state index in [2.05, 4.69) is 26.6 Å². The van der Waals surface area contributed by atoms with Crippen molar-refractivity contribution in [3.8, 4) is 0 Å². The largest absolute Gasteiger partial charge is 0.346 e. The van der Waals surface area contributed by atoms with E-state index in [4.69, 9.17) is 0 Å². The number of anilines is 1. The third-order valence-electron chi connectivity index (χ3n) is 5.99. The Balaban J connectivity index is 1.43. The van der Waals surface area contributed by atoms with Gasteiger partial charge in [0.1, 0.15) is 0 Å². The van der Waals surface area contributed by atoms with Crippen molar-refractivity contribution in [3.63, 3.8) is 0 Å². The highest BCUT2D eigenvalue weighted by atomic mass is 79.9. The quantitative estimate of drug-likeness (QED) is 0.605. The van der Waals surface area contributed by atoms with Gasteiger partial charge in [-0.2, -0.15) is 0 Å². The Hall–Kier alpha value is -2.03. The first-order chi connectivity index (χ1) is 14.9. The standard InChI is InChI=1S/C23H26BrN3O3S/c1-14-11-17(4-5-18(14)22(29)15-3-2-9-25-10-8-15)27-13-16(12-21(27)28)26-23(30)19-6-7-20(24)31-19/h4-7,11,15-16,25H,2-3,8-10,12-13H2,1H3,(H,26,30). The van der Waals surface area contributed by atoms with Crippen LogP contribution >= 0.6 is 27.3 Å². The van der Waals surface area contributed by atoms with Crippen molar-refractivity contribution in [2.24, 2.45) is 5.92 Å². The van der Waals surface area contributed by atoms with Crippen molar-refractivity contribution in [1.29, 1.82) is 0 Å². The van der Waals surface area contributed by atoms with Gasteiger partial charge in [-0.15, -0.1) is 11.3 Å². The molecule has 2 fully saturated rings. The fourth-order valence-electron chi connectivity index (χ4n) is 4.34. The number of carbonyl (C=O) groups is 3. The second-order valence-corrected chi connectivity index (χ2v) is 10.7. The molecule has 164 valence electrons. The summed E-state index contributed by atoms with van der Waals surface area (Å²) in [6.07, 6.45) is 3.07. The van der Waals surface area contributed by atoms with E-state index >= 15 is 0 Å². The van der Waals surface area contributed by atoms with Crippen LogP contribution in [0.2, 0.25) is 0 Å². The van der Waals surface area contributed by atoms with E-state index in [0.29, 0.717) is 11.4 Å². The molecule has 2 aliphatic heterocycles. The van der Waals surface area contributed by atoms with Crippen LogP contribution in [-0.4, -0.2) is 43.3 Å². The summed E-state index contributed by atoms with van der Waals surface area (Å²) >= 11 is 4.73. The summed E-state index contributed by atoms with van der Waals surface area (Å²) in [6.45, 7) is 4.21. The summed E-state index contributed by atoms with van der Waals surface area (Å²) in [4.78, 5) is 40.4. The third kappa shape index (κ3) is 5.07. The highest BCUT2D eigenvalue weighted by Crippen LogP contribution is 2.28. The summed E-state index contributed by atoms with van der Waals surface area (Å²) in [5.74, 6) is 0.0777. The molecule has 0 radical (unpaired) electrons. The van der Waals surface area contributed by atoms with E-state index in [1.807, 2.05) is 31.2 Å². The molecule has 31 heavy (non-hydrogen) atoms. The Morgan fingerprint density at radius 3 is 2.77 bits per heavy atom. The number of hydrogen-bond acceptors (Lipinski definition) is 5. The van der Waals surface area contributed by atoms with Gasteiger partial charge in [0.25, 0.3) is 5.91 Å². The third-order valence-corrected chi connectivity index (χ3v) is 7.61. The Bertz CT molecular complexity index is 998. The van der Waals surface area contributed by atoms with Crippen LogP contribution in [0.15, 0.2) is 34.1 Å². The van der Waals surface area contributed by atoms with Gasteiger partial charge < -0.3 is 15.5 Å². The topological polar surface area (TPSA) is 78.5 Å².